The van der Waals surface area contributed by atoms with Crippen LogP contribution in [-0.4, -0.2) is 48.8 Å². The molecule has 8 heteroatoms. The predicted octanol–water partition coefficient (Wildman–Crippen LogP) is 0.913. The lowest BCUT2D eigenvalue weighted by Crippen LogP contribution is -2.35. The lowest BCUT2D eigenvalue weighted by atomic mass is 10.2. The summed E-state index contributed by atoms with van der Waals surface area (Å²) in [7, 11) is -3.48. The van der Waals surface area contributed by atoms with Gasteiger partial charge < -0.3 is 5.32 Å². The topological polar surface area (TPSA) is 76.0 Å². The summed E-state index contributed by atoms with van der Waals surface area (Å²) in [5, 5.41) is 7.24. The van der Waals surface area contributed by atoms with Gasteiger partial charge in [-0.1, -0.05) is 6.92 Å². The number of nitrogens with zero attached hydrogens (tertiary/aromatic N) is 2. The predicted molar refractivity (Wildman–Crippen MR) is 83.6 cm³/mol. The van der Waals surface area contributed by atoms with Gasteiger partial charge in [0.2, 0.25) is 10.0 Å². The number of thioether (sulfide) groups is 1. The van der Waals surface area contributed by atoms with E-state index in [2.05, 4.69) is 15.1 Å². The van der Waals surface area contributed by atoms with Gasteiger partial charge in [0.1, 0.15) is 4.90 Å². The van der Waals surface area contributed by atoms with Gasteiger partial charge in [-0.2, -0.15) is 16.9 Å². The van der Waals surface area contributed by atoms with E-state index in [4.69, 9.17) is 0 Å². The third kappa shape index (κ3) is 5.43. The van der Waals surface area contributed by atoms with Crippen LogP contribution >= 0.6 is 11.8 Å². The molecule has 0 unspecified atom stereocenters. The van der Waals surface area contributed by atoms with Crippen molar-refractivity contribution >= 4 is 21.8 Å². The zero-order valence-electron chi connectivity index (χ0n) is 12.5. The Labute approximate surface area is 125 Å². The number of hydrogen-bond donors (Lipinski definition) is 2. The van der Waals surface area contributed by atoms with Gasteiger partial charge in [0, 0.05) is 24.0 Å². The van der Waals surface area contributed by atoms with Crippen molar-refractivity contribution in [2.24, 2.45) is 0 Å². The molecule has 0 saturated heterocycles. The molecule has 0 aliphatic carbocycles. The maximum Gasteiger partial charge on any atom is 0.243 e. The van der Waals surface area contributed by atoms with Crippen molar-refractivity contribution in [2.75, 3.05) is 25.9 Å². The van der Waals surface area contributed by atoms with Crippen molar-refractivity contribution in [3.05, 3.63) is 12.4 Å². The molecule has 116 valence electrons. The summed E-state index contributed by atoms with van der Waals surface area (Å²) in [6.07, 6.45) is 4.92. The van der Waals surface area contributed by atoms with Gasteiger partial charge in [0.15, 0.2) is 0 Å². The SMILES string of the molecule is CCNCCn1cc(S(=O)(=O)NCC(C)(C)SC)cn1. The minimum absolute atomic E-state index is 0.131. The minimum Gasteiger partial charge on any atom is -0.315 e. The third-order valence-corrected chi connectivity index (χ3v) is 5.53. The molecule has 0 aliphatic heterocycles. The first kappa shape index (κ1) is 17.5. The van der Waals surface area contributed by atoms with Crippen LogP contribution in [0.15, 0.2) is 17.3 Å². The fraction of sp³-hybridized carbons (Fsp3) is 0.750. The third-order valence-electron chi connectivity index (χ3n) is 2.93. The molecule has 0 saturated carbocycles. The summed E-state index contributed by atoms with van der Waals surface area (Å²) in [5.41, 5.74) is 0. The van der Waals surface area contributed by atoms with E-state index >= 15 is 0 Å². The van der Waals surface area contributed by atoms with Crippen LogP contribution in [0.25, 0.3) is 0 Å². The lowest BCUT2D eigenvalue weighted by molar-refractivity contribution is 0.561. The molecule has 0 radical (unpaired) electrons. The molecule has 0 fully saturated rings. The van der Waals surface area contributed by atoms with Crippen LogP contribution in [0.4, 0.5) is 0 Å². The largest absolute Gasteiger partial charge is 0.315 e. The van der Waals surface area contributed by atoms with E-state index in [1.54, 1.807) is 22.6 Å². The van der Waals surface area contributed by atoms with E-state index in [9.17, 15) is 8.42 Å². The number of sulfonamides is 1. The van der Waals surface area contributed by atoms with E-state index in [0.717, 1.165) is 13.1 Å². The second-order valence-corrected chi connectivity index (χ2v) is 8.36. The van der Waals surface area contributed by atoms with Crippen molar-refractivity contribution in [3.8, 4) is 0 Å². The van der Waals surface area contributed by atoms with Crippen LogP contribution in [0.5, 0.6) is 0 Å². The fourth-order valence-corrected chi connectivity index (χ4v) is 2.87. The number of aromatic nitrogens is 2. The first-order valence-corrected chi connectivity index (χ1v) is 9.29. The molecule has 2 N–H and O–H groups in total. The van der Waals surface area contributed by atoms with Gasteiger partial charge in [-0.25, -0.2) is 13.1 Å². The Bertz CT molecular complexity index is 511. The average Bonchev–Trinajstić information content (AvgIpc) is 2.87. The zero-order chi connectivity index (χ0) is 15.2. The van der Waals surface area contributed by atoms with Crippen LogP contribution in [0, 0.1) is 0 Å². The van der Waals surface area contributed by atoms with Crippen molar-refractivity contribution in [1.29, 1.82) is 0 Å². The van der Waals surface area contributed by atoms with E-state index in [1.807, 2.05) is 27.0 Å². The van der Waals surface area contributed by atoms with Crippen molar-refractivity contribution in [1.82, 2.24) is 19.8 Å². The van der Waals surface area contributed by atoms with Crippen molar-refractivity contribution in [3.63, 3.8) is 0 Å². The van der Waals surface area contributed by atoms with Crippen LogP contribution in [-0.2, 0) is 16.6 Å². The lowest BCUT2D eigenvalue weighted by Gasteiger charge is -2.21. The van der Waals surface area contributed by atoms with Gasteiger partial charge in [-0.15, -0.1) is 0 Å². The molecule has 0 aromatic carbocycles. The molecular weight excluding hydrogens is 296 g/mol. The van der Waals surface area contributed by atoms with Crippen LogP contribution < -0.4 is 10.0 Å². The number of rotatable bonds is 9. The first-order chi connectivity index (χ1) is 9.30. The number of nitrogens with one attached hydrogen (secondary N) is 2. The number of likely N-dealkylation sites (N-methyl/N-ethyl adjacent to an activating group) is 1. The fourth-order valence-electron chi connectivity index (χ4n) is 1.40. The molecule has 6 nitrogen and oxygen atoms in total. The summed E-state index contributed by atoms with van der Waals surface area (Å²) < 4.78 is 28.4. The first-order valence-electron chi connectivity index (χ1n) is 6.59. The zero-order valence-corrected chi connectivity index (χ0v) is 14.1. The highest BCUT2D eigenvalue weighted by Crippen LogP contribution is 2.20. The molecule has 1 aromatic heterocycles. The quantitative estimate of drug-likeness (QED) is 0.662. The van der Waals surface area contributed by atoms with E-state index in [-0.39, 0.29) is 9.64 Å². The molecule has 0 amide bonds. The Hall–Kier alpha value is -0.570. The smallest absolute Gasteiger partial charge is 0.243 e. The van der Waals surface area contributed by atoms with Gasteiger partial charge in [0.25, 0.3) is 0 Å². The van der Waals surface area contributed by atoms with Crippen molar-refractivity contribution < 1.29 is 8.42 Å². The van der Waals surface area contributed by atoms with Gasteiger partial charge in [0.05, 0.1) is 12.7 Å². The Morgan fingerprint density at radius 2 is 2.15 bits per heavy atom. The summed E-state index contributed by atoms with van der Waals surface area (Å²) >= 11 is 1.63. The van der Waals surface area contributed by atoms with E-state index < -0.39 is 10.0 Å². The second-order valence-electron chi connectivity index (χ2n) is 5.08. The molecule has 0 aliphatic rings. The van der Waals surface area contributed by atoms with Crippen LogP contribution in [0.1, 0.15) is 20.8 Å². The summed E-state index contributed by atoms with van der Waals surface area (Å²) in [4.78, 5) is 0.214. The van der Waals surface area contributed by atoms with Gasteiger partial charge >= 0.3 is 0 Å². The molecule has 1 aromatic rings. The molecular formula is C12H24N4O2S2. The Kier molecular flexibility index (Phi) is 6.50. The molecule has 0 bridgehead atoms. The highest BCUT2D eigenvalue weighted by atomic mass is 32.2. The molecule has 0 atom stereocenters. The van der Waals surface area contributed by atoms with Gasteiger partial charge in [-0.05, 0) is 26.6 Å². The Morgan fingerprint density at radius 3 is 2.75 bits per heavy atom. The summed E-state index contributed by atoms with van der Waals surface area (Å²) in [5.74, 6) is 0. The Balaban J connectivity index is 2.64. The molecule has 1 heterocycles. The average molecular weight is 320 g/mol. The van der Waals surface area contributed by atoms with Gasteiger partial charge in [-0.3, -0.25) is 4.68 Å². The molecule has 20 heavy (non-hydrogen) atoms. The Morgan fingerprint density at radius 1 is 1.45 bits per heavy atom. The van der Waals surface area contributed by atoms with Crippen LogP contribution in [0.3, 0.4) is 0 Å². The maximum atomic E-state index is 12.1. The standard InChI is InChI=1S/C12H24N4O2S2/c1-5-13-6-7-16-9-11(8-14-16)20(17,18)15-10-12(2,3)19-4/h8-9,13,15H,5-7,10H2,1-4H3. The minimum atomic E-state index is -3.48. The van der Waals surface area contributed by atoms with E-state index in [0.29, 0.717) is 13.1 Å². The van der Waals surface area contributed by atoms with Crippen molar-refractivity contribution in [2.45, 2.75) is 37.0 Å². The monoisotopic (exact) mass is 320 g/mol. The summed E-state index contributed by atoms with van der Waals surface area (Å²) in [6, 6.07) is 0. The second kappa shape index (κ2) is 7.44. The van der Waals surface area contributed by atoms with E-state index in [1.165, 1.54) is 6.20 Å². The summed E-state index contributed by atoms with van der Waals surface area (Å²) in [6.45, 7) is 8.72. The number of hydrogen-bond acceptors (Lipinski definition) is 5. The van der Waals surface area contributed by atoms with Crippen LogP contribution in [0.2, 0.25) is 0 Å². The highest BCUT2D eigenvalue weighted by Gasteiger charge is 2.22. The highest BCUT2D eigenvalue weighted by molar-refractivity contribution is 8.00. The molecule has 0 spiro atoms. The molecule has 1 rings (SSSR count). The normalized spacial score (nSPS) is 12.8. The maximum absolute atomic E-state index is 12.1.